The quantitative estimate of drug-likeness (QED) is 0.150. The fourth-order valence-corrected chi connectivity index (χ4v) is 4.69. The van der Waals surface area contributed by atoms with E-state index >= 15 is 0 Å². The molecular weight excluding hydrogens is 542 g/mol. The highest BCUT2D eigenvalue weighted by Gasteiger charge is 2.45. The highest BCUT2D eigenvalue weighted by Crippen LogP contribution is 2.32. The zero-order valence-electron chi connectivity index (χ0n) is 20.6. The van der Waals surface area contributed by atoms with E-state index in [1.807, 2.05) is 30.3 Å². The predicted octanol–water partition coefficient (Wildman–Crippen LogP) is -0.299. The highest BCUT2D eigenvalue weighted by atomic mass is 32.2. The maximum Gasteiger partial charge on any atom is 0.362 e. The maximum atomic E-state index is 12.3. The van der Waals surface area contributed by atoms with Crippen molar-refractivity contribution in [3.05, 3.63) is 77.9 Å². The lowest BCUT2D eigenvalue weighted by Crippen LogP contribution is -2.38. The Hall–Kier alpha value is -4.59. The normalized spacial score (nSPS) is 20.6. The third kappa shape index (κ3) is 5.57. The summed E-state index contributed by atoms with van der Waals surface area (Å²) in [5.74, 6) is 4.87. The van der Waals surface area contributed by atoms with Gasteiger partial charge < -0.3 is 26.4 Å². The summed E-state index contributed by atoms with van der Waals surface area (Å²) in [5, 5.41) is 21.2. The van der Waals surface area contributed by atoms with Gasteiger partial charge in [-0.1, -0.05) is 36.3 Å². The molecule has 4 aromatic rings. The monoisotopic (exact) mass is 565 g/mol. The van der Waals surface area contributed by atoms with Crippen LogP contribution in [-0.2, 0) is 19.2 Å². The third-order valence-corrected chi connectivity index (χ3v) is 6.84. The number of rotatable bonds is 6. The van der Waals surface area contributed by atoms with E-state index in [1.54, 1.807) is 10.8 Å². The molecule has 15 heteroatoms. The van der Waals surface area contributed by atoms with Gasteiger partial charge >= 0.3 is 10.3 Å². The van der Waals surface area contributed by atoms with Crippen molar-refractivity contribution in [2.24, 2.45) is 0 Å². The first-order valence-electron chi connectivity index (χ1n) is 11.8. The van der Waals surface area contributed by atoms with Crippen LogP contribution in [0.15, 0.2) is 60.9 Å². The number of nitrogens with zero attached hydrogens (tertiary/aromatic N) is 4. The zero-order valence-corrected chi connectivity index (χ0v) is 21.4. The zero-order chi connectivity index (χ0) is 28.4. The van der Waals surface area contributed by atoms with Crippen LogP contribution in [0.1, 0.15) is 28.0 Å². The maximum absolute atomic E-state index is 12.3. The summed E-state index contributed by atoms with van der Waals surface area (Å²) in [6, 6.07) is 15.0. The molecule has 0 saturated carbocycles. The Balaban J connectivity index is 1.31. The fourth-order valence-electron chi connectivity index (χ4n) is 3.99. The van der Waals surface area contributed by atoms with E-state index in [4.69, 9.17) is 20.4 Å². The molecule has 40 heavy (non-hydrogen) atoms. The molecule has 0 spiro atoms. The number of carbonyl (C=O) groups is 1. The molecule has 7 N–H and O–H groups in total. The minimum atomic E-state index is -4.62. The number of carbonyl (C=O) groups excluding carboxylic acids is 1. The second-order valence-corrected chi connectivity index (χ2v) is 10.0. The standard InChI is InChI=1S/C25H23N7O7S/c26-16-9-5-4-8-15(16)24(35)31-40(36,37)38-12-17-20(33)21(34)25(39-17)32-13-28-19-22(27)29-18(30-23(19)32)11-10-14-6-2-1-3-7-14/h1-9,13,17,20-21,25,33-34H,12,26H2,(H,31,35)(H2,27,29,30)/t17-,20-,21-,25-/m1/s1. The van der Waals surface area contributed by atoms with Crippen molar-refractivity contribution < 1.29 is 32.3 Å². The number of aliphatic hydroxyl groups excluding tert-OH is 2. The Morgan fingerprint density at radius 2 is 1.77 bits per heavy atom. The van der Waals surface area contributed by atoms with Crippen LogP contribution < -0.4 is 16.2 Å². The van der Waals surface area contributed by atoms with Gasteiger partial charge in [-0.2, -0.15) is 8.42 Å². The summed E-state index contributed by atoms with van der Waals surface area (Å²) in [6.07, 6.45) is -4.34. The molecule has 3 heterocycles. The molecule has 2 aromatic carbocycles. The van der Waals surface area contributed by atoms with Gasteiger partial charge in [-0.3, -0.25) is 13.5 Å². The highest BCUT2D eigenvalue weighted by molar-refractivity contribution is 7.85. The summed E-state index contributed by atoms with van der Waals surface area (Å²) < 4.78 is 38.3. The molecule has 2 aromatic heterocycles. The number of fused-ring (bicyclic) bond motifs is 1. The molecule has 1 amide bonds. The first kappa shape index (κ1) is 27.0. The molecule has 14 nitrogen and oxygen atoms in total. The number of aliphatic hydroxyl groups is 2. The fraction of sp³-hybridized carbons (Fsp3) is 0.200. The topological polar surface area (TPSA) is 218 Å². The van der Waals surface area contributed by atoms with Gasteiger partial charge in [0.05, 0.1) is 18.5 Å². The average Bonchev–Trinajstić information content (AvgIpc) is 3.47. The average molecular weight is 566 g/mol. The number of aromatic nitrogens is 4. The van der Waals surface area contributed by atoms with Gasteiger partial charge in [0.15, 0.2) is 17.7 Å². The number of imidazole rings is 1. The molecular formula is C25H23N7O7S. The smallest absolute Gasteiger partial charge is 0.362 e. The second kappa shape index (κ2) is 10.9. The first-order chi connectivity index (χ1) is 19.1. The molecule has 1 saturated heterocycles. The van der Waals surface area contributed by atoms with Gasteiger partial charge in [0.25, 0.3) is 5.91 Å². The van der Waals surface area contributed by atoms with Gasteiger partial charge in [-0.05, 0) is 30.2 Å². The van der Waals surface area contributed by atoms with Crippen LogP contribution in [-0.4, -0.2) is 69.0 Å². The first-order valence-corrected chi connectivity index (χ1v) is 13.2. The van der Waals surface area contributed by atoms with E-state index in [1.165, 1.54) is 29.1 Å². The molecule has 0 aliphatic carbocycles. The van der Waals surface area contributed by atoms with Crippen LogP contribution >= 0.6 is 0 Å². The lowest BCUT2D eigenvalue weighted by molar-refractivity contribution is -0.0468. The molecule has 4 atom stereocenters. The number of amides is 1. The number of benzene rings is 2. The van der Waals surface area contributed by atoms with Crippen molar-refractivity contribution in [3.63, 3.8) is 0 Å². The van der Waals surface area contributed by atoms with E-state index < -0.39 is 47.4 Å². The van der Waals surface area contributed by atoms with Crippen LogP contribution in [0.5, 0.6) is 0 Å². The number of nitrogens with one attached hydrogen (secondary N) is 1. The van der Waals surface area contributed by atoms with Gasteiger partial charge in [0, 0.05) is 11.3 Å². The summed E-state index contributed by atoms with van der Waals surface area (Å²) in [4.78, 5) is 25.0. The summed E-state index contributed by atoms with van der Waals surface area (Å²) in [7, 11) is -4.62. The number of anilines is 2. The number of hydrogen-bond donors (Lipinski definition) is 5. The summed E-state index contributed by atoms with van der Waals surface area (Å²) in [5.41, 5.74) is 12.9. The predicted molar refractivity (Wildman–Crippen MR) is 141 cm³/mol. The molecule has 5 rings (SSSR count). The van der Waals surface area contributed by atoms with E-state index in [2.05, 4.69) is 26.8 Å². The van der Waals surface area contributed by atoms with Crippen LogP contribution in [0.3, 0.4) is 0 Å². The molecule has 0 radical (unpaired) electrons. The minimum absolute atomic E-state index is 0.0370. The van der Waals surface area contributed by atoms with E-state index in [-0.39, 0.29) is 34.1 Å². The Morgan fingerprint density at radius 1 is 1.05 bits per heavy atom. The third-order valence-electron chi connectivity index (χ3n) is 5.96. The van der Waals surface area contributed by atoms with Gasteiger partial charge in [0.1, 0.15) is 23.8 Å². The molecule has 1 fully saturated rings. The molecule has 206 valence electrons. The van der Waals surface area contributed by atoms with Crippen molar-refractivity contribution in [3.8, 4) is 11.8 Å². The Kier molecular flexibility index (Phi) is 7.34. The molecule has 1 aliphatic rings. The lowest BCUT2D eigenvalue weighted by Gasteiger charge is -2.16. The van der Waals surface area contributed by atoms with Crippen molar-refractivity contribution in [1.29, 1.82) is 0 Å². The largest absolute Gasteiger partial charge is 0.398 e. The van der Waals surface area contributed by atoms with Gasteiger partial charge in [-0.15, -0.1) is 0 Å². The van der Waals surface area contributed by atoms with Gasteiger partial charge in [0.2, 0.25) is 5.82 Å². The Labute approximate surface area is 227 Å². The van der Waals surface area contributed by atoms with Crippen LogP contribution in [0, 0.1) is 11.8 Å². The van der Waals surface area contributed by atoms with Crippen LogP contribution in [0.25, 0.3) is 11.2 Å². The minimum Gasteiger partial charge on any atom is -0.398 e. The van der Waals surface area contributed by atoms with Crippen molar-refractivity contribution in [2.75, 3.05) is 18.1 Å². The molecule has 0 bridgehead atoms. The van der Waals surface area contributed by atoms with E-state index in [0.717, 1.165) is 5.56 Å². The number of nitrogens with two attached hydrogens (primary N) is 2. The summed E-state index contributed by atoms with van der Waals surface area (Å²) >= 11 is 0. The van der Waals surface area contributed by atoms with E-state index in [0.29, 0.717) is 0 Å². The number of hydrogen-bond acceptors (Lipinski definition) is 12. The van der Waals surface area contributed by atoms with Crippen LogP contribution in [0.2, 0.25) is 0 Å². The van der Waals surface area contributed by atoms with Gasteiger partial charge in [-0.25, -0.2) is 19.7 Å². The summed E-state index contributed by atoms with van der Waals surface area (Å²) in [6.45, 7) is -0.723. The van der Waals surface area contributed by atoms with Crippen LogP contribution in [0.4, 0.5) is 11.5 Å². The number of para-hydroxylation sites is 1. The SMILES string of the molecule is Nc1ccccc1C(=O)NS(=O)(=O)OC[C@H]1O[C@@H](n2cnc3c(N)nc(C#Cc4ccccc4)nc32)[C@H](O)[C@@H]1O. The Bertz CT molecular complexity index is 1730. The number of ether oxygens (including phenoxy) is 1. The van der Waals surface area contributed by atoms with Crippen molar-refractivity contribution >= 4 is 38.9 Å². The van der Waals surface area contributed by atoms with Crippen molar-refractivity contribution in [2.45, 2.75) is 24.5 Å². The molecule has 0 unspecified atom stereocenters. The van der Waals surface area contributed by atoms with E-state index in [9.17, 15) is 23.4 Å². The number of nitrogen functional groups attached to an aromatic ring is 2. The second-order valence-electron chi connectivity index (χ2n) is 8.68. The van der Waals surface area contributed by atoms with Crippen molar-refractivity contribution in [1.82, 2.24) is 24.2 Å². The molecule has 1 aliphatic heterocycles. The Morgan fingerprint density at radius 3 is 2.52 bits per heavy atom. The lowest BCUT2D eigenvalue weighted by atomic mass is 10.1.